The van der Waals surface area contributed by atoms with E-state index in [9.17, 15) is 10.1 Å². The number of fused-ring (bicyclic) bond motifs is 1. The molecule has 0 spiro atoms. The molecule has 17 heavy (non-hydrogen) atoms. The molecule has 0 fully saturated rings. The average Bonchev–Trinajstić information content (AvgIpc) is 2.73. The number of nitrogens with two attached hydrogens (primary N) is 1. The van der Waals surface area contributed by atoms with Crippen molar-refractivity contribution in [3.05, 3.63) is 22.2 Å². The van der Waals surface area contributed by atoms with Gasteiger partial charge in [0, 0.05) is 18.7 Å². The third-order valence-corrected chi connectivity index (χ3v) is 2.21. The summed E-state index contributed by atoms with van der Waals surface area (Å²) in [7, 11) is 0. The monoisotopic (exact) mass is 237 g/mol. The summed E-state index contributed by atoms with van der Waals surface area (Å²) in [4.78, 5) is 10.2. The van der Waals surface area contributed by atoms with E-state index in [2.05, 4.69) is 20.3 Å². The summed E-state index contributed by atoms with van der Waals surface area (Å²) in [5, 5.41) is 20.9. The van der Waals surface area contributed by atoms with Crippen LogP contribution in [-0.2, 0) is 0 Å². The van der Waals surface area contributed by atoms with Gasteiger partial charge >= 0.3 is 5.69 Å². The van der Waals surface area contributed by atoms with Crippen LogP contribution in [0.4, 0.5) is 11.4 Å². The van der Waals surface area contributed by atoms with E-state index >= 15 is 0 Å². The van der Waals surface area contributed by atoms with Crippen molar-refractivity contribution < 1.29 is 9.55 Å². The molecule has 2 rings (SSSR count). The highest BCUT2D eigenvalue weighted by atomic mass is 16.6. The molecule has 3 N–H and O–H groups in total. The van der Waals surface area contributed by atoms with Gasteiger partial charge in [0.1, 0.15) is 0 Å². The molecule has 1 atom stereocenters. The van der Waals surface area contributed by atoms with E-state index < -0.39 is 4.92 Å². The normalized spacial score (nSPS) is 12.6. The smallest absolute Gasteiger partial charge is 0.300 e. The lowest BCUT2D eigenvalue weighted by Gasteiger charge is -2.08. The molecule has 90 valence electrons. The van der Waals surface area contributed by atoms with Crippen LogP contribution in [-0.4, -0.2) is 27.8 Å². The van der Waals surface area contributed by atoms with Crippen molar-refractivity contribution in [3.63, 3.8) is 0 Å². The number of anilines is 1. The van der Waals surface area contributed by atoms with Crippen LogP contribution in [0.25, 0.3) is 11.0 Å². The SMILES string of the molecule is CC(N)CNc1ccc([N+](=O)[O-])c2nonc12. The molecule has 0 aliphatic rings. The fourth-order valence-corrected chi connectivity index (χ4v) is 1.41. The molecule has 1 heterocycles. The van der Waals surface area contributed by atoms with Crippen LogP contribution < -0.4 is 11.1 Å². The van der Waals surface area contributed by atoms with Crippen LogP contribution in [0.1, 0.15) is 6.92 Å². The van der Waals surface area contributed by atoms with E-state index in [0.29, 0.717) is 17.7 Å². The van der Waals surface area contributed by atoms with Crippen LogP contribution in [0.3, 0.4) is 0 Å². The fourth-order valence-electron chi connectivity index (χ4n) is 1.41. The second-order valence-corrected chi connectivity index (χ2v) is 3.71. The molecule has 1 aromatic carbocycles. The lowest BCUT2D eigenvalue weighted by molar-refractivity contribution is -0.383. The maximum atomic E-state index is 10.7. The minimum atomic E-state index is -0.526. The first kappa shape index (κ1) is 11.3. The maximum absolute atomic E-state index is 10.7. The van der Waals surface area contributed by atoms with Gasteiger partial charge in [-0.2, -0.15) is 0 Å². The van der Waals surface area contributed by atoms with Crippen molar-refractivity contribution in [1.29, 1.82) is 0 Å². The molecule has 0 bridgehead atoms. The van der Waals surface area contributed by atoms with Gasteiger partial charge in [0.2, 0.25) is 5.52 Å². The Hall–Kier alpha value is -2.22. The standard InChI is InChI=1S/C9H11N5O3/c1-5(10)4-11-6-2-3-7(14(15)16)9-8(6)12-17-13-9/h2-3,5,11H,4,10H2,1H3. The molecular formula is C9H11N5O3. The number of hydrogen-bond donors (Lipinski definition) is 2. The van der Waals surface area contributed by atoms with E-state index in [1.54, 1.807) is 6.07 Å². The number of nitrogens with one attached hydrogen (secondary N) is 1. The summed E-state index contributed by atoms with van der Waals surface area (Å²) in [5.41, 5.74) is 6.55. The van der Waals surface area contributed by atoms with Crippen molar-refractivity contribution in [2.24, 2.45) is 5.73 Å². The fraction of sp³-hybridized carbons (Fsp3) is 0.333. The van der Waals surface area contributed by atoms with Gasteiger partial charge < -0.3 is 11.1 Å². The van der Waals surface area contributed by atoms with Gasteiger partial charge in [-0.05, 0) is 23.3 Å². The molecule has 2 aromatic rings. The number of nitrogens with zero attached hydrogens (tertiary/aromatic N) is 3. The topological polar surface area (TPSA) is 120 Å². The summed E-state index contributed by atoms with van der Waals surface area (Å²) >= 11 is 0. The predicted octanol–water partition coefficient (Wildman–Crippen LogP) is 0.890. The third-order valence-electron chi connectivity index (χ3n) is 2.21. The molecule has 0 amide bonds. The molecule has 8 heteroatoms. The first-order chi connectivity index (χ1) is 8.09. The molecular weight excluding hydrogens is 226 g/mol. The summed E-state index contributed by atoms with van der Waals surface area (Å²) in [6.07, 6.45) is 0. The van der Waals surface area contributed by atoms with E-state index in [1.807, 2.05) is 6.92 Å². The lowest BCUT2D eigenvalue weighted by atomic mass is 10.2. The Kier molecular flexibility index (Phi) is 2.88. The molecule has 1 aromatic heterocycles. The van der Waals surface area contributed by atoms with Gasteiger partial charge in [-0.15, -0.1) is 0 Å². The van der Waals surface area contributed by atoms with E-state index in [4.69, 9.17) is 5.73 Å². The Morgan fingerprint density at radius 3 is 2.88 bits per heavy atom. The summed E-state index contributed by atoms with van der Waals surface area (Å²) < 4.78 is 4.53. The summed E-state index contributed by atoms with van der Waals surface area (Å²) in [6, 6.07) is 2.88. The van der Waals surface area contributed by atoms with Crippen molar-refractivity contribution in [1.82, 2.24) is 10.3 Å². The summed E-state index contributed by atoms with van der Waals surface area (Å²) in [5.74, 6) is 0. The molecule has 0 aliphatic heterocycles. The Morgan fingerprint density at radius 1 is 1.53 bits per heavy atom. The average molecular weight is 237 g/mol. The minimum absolute atomic E-state index is 0.0416. The van der Waals surface area contributed by atoms with Gasteiger partial charge in [0.25, 0.3) is 0 Å². The zero-order valence-electron chi connectivity index (χ0n) is 9.08. The van der Waals surface area contributed by atoms with Crippen LogP contribution in [0.5, 0.6) is 0 Å². The summed E-state index contributed by atoms with van der Waals surface area (Å²) in [6.45, 7) is 2.37. The zero-order chi connectivity index (χ0) is 12.4. The van der Waals surface area contributed by atoms with Crippen molar-refractivity contribution in [2.75, 3.05) is 11.9 Å². The van der Waals surface area contributed by atoms with Crippen LogP contribution in [0.15, 0.2) is 16.8 Å². The molecule has 0 saturated carbocycles. The highest BCUT2D eigenvalue weighted by Crippen LogP contribution is 2.28. The lowest BCUT2D eigenvalue weighted by Crippen LogP contribution is -2.25. The number of aromatic nitrogens is 2. The number of benzene rings is 1. The van der Waals surface area contributed by atoms with Crippen molar-refractivity contribution in [3.8, 4) is 0 Å². The number of nitro groups is 1. The maximum Gasteiger partial charge on any atom is 0.300 e. The molecule has 0 saturated heterocycles. The van der Waals surface area contributed by atoms with Crippen LogP contribution in [0.2, 0.25) is 0 Å². The van der Waals surface area contributed by atoms with Gasteiger partial charge in [0.15, 0.2) is 5.52 Å². The van der Waals surface area contributed by atoms with Gasteiger partial charge in [0.05, 0.1) is 10.6 Å². The number of hydrogen-bond acceptors (Lipinski definition) is 7. The quantitative estimate of drug-likeness (QED) is 0.598. The molecule has 8 nitrogen and oxygen atoms in total. The Labute approximate surface area is 95.9 Å². The number of rotatable bonds is 4. The largest absolute Gasteiger partial charge is 0.382 e. The minimum Gasteiger partial charge on any atom is -0.382 e. The second-order valence-electron chi connectivity index (χ2n) is 3.71. The number of nitro benzene ring substituents is 1. The van der Waals surface area contributed by atoms with Gasteiger partial charge in [-0.3, -0.25) is 10.1 Å². The van der Waals surface area contributed by atoms with Crippen molar-refractivity contribution >= 4 is 22.4 Å². The molecule has 1 unspecified atom stereocenters. The van der Waals surface area contributed by atoms with Crippen molar-refractivity contribution in [2.45, 2.75) is 13.0 Å². The first-order valence-corrected chi connectivity index (χ1v) is 4.98. The van der Waals surface area contributed by atoms with E-state index in [1.165, 1.54) is 6.07 Å². The third kappa shape index (κ3) is 2.16. The molecule has 0 aliphatic carbocycles. The van der Waals surface area contributed by atoms with E-state index in [-0.39, 0.29) is 17.2 Å². The Bertz CT molecular complexity index is 551. The van der Waals surface area contributed by atoms with Gasteiger partial charge in [-0.25, -0.2) is 4.63 Å². The second kappa shape index (κ2) is 4.34. The highest BCUT2D eigenvalue weighted by molar-refractivity contribution is 5.93. The predicted molar refractivity (Wildman–Crippen MR) is 60.6 cm³/mol. The van der Waals surface area contributed by atoms with Crippen LogP contribution in [0, 0.1) is 10.1 Å². The molecule has 0 radical (unpaired) electrons. The first-order valence-electron chi connectivity index (χ1n) is 4.98. The van der Waals surface area contributed by atoms with E-state index in [0.717, 1.165) is 0 Å². The Balaban J connectivity index is 2.42. The van der Waals surface area contributed by atoms with Crippen LogP contribution >= 0.6 is 0 Å². The van der Waals surface area contributed by atoms with Gasteiger partial charge in [-0.1, -0.05) is 0 Å². The zero-order valence-corrected chi connectivity index (χ0v) is 9.08. The Morgan fingerprint density at radius 2 is 2.24 bits per heavy atom. The number of non-ortho nitro benzene ring substituents is 1. The highest BCUT2D eigenvalue weighted by Gasteiger charge is 2.19.